The summed E-state index contributed by atoms with van der Waals surface area (Å²) in [5.74, 6) is 1.03. The third-order valence-electron chi connectivity index (χ3n) is 12.9. The largest absolute Gasteiger partial charge is 0.726 e. The number of carbonyl (C=O) groups excluding carboxylic acids is 1. The highest BCUT2D eigenvalue weighted by molar-refractivity contribution is 7.80. The Hall–Kier alpha value is -2.69. The molecule has 0 bridgehead atoms. The highest BCUT2D eigenvalue weighted by Gasteiger charge is 2.57. The molecule has 3 fully saturated rings. The number of nitrogens with one attached hydrogen (secondary N) is 1. The fraction of sp³-hybridized carbons (Fsp3) is 0.676. The minimum Gasteiger partial charge on any atom is -0.726 e. The summed E-state index contributed by atoms with van der Waals surface area (Å²) < 4.78 is 44.3. The topological polar surface area (TPSA) is 142 Å². The molecule has 1 aromatic carbocycles. The number of methoxy groups -OCH3 is 1. The van der Waals surface area contributed by atoms with Gasteiger partial charge < -0.3 is 19.7 Å². The summed E-state index contributed by atoms with van der Waals surface area (Å²) >= 11 is 0. The van der Waals surface area contributed by atoms with Gasteiger partial charge in [0.25, 0.3) is 0 Å². The van der Waals surface area contributed by atoms with E-state index in [0.717, 1.165) is 51.4 Å². The van der Waals surface area contributed by atoms with Gasteiger partial charge in [-0.25, -0.2) is 13.2 Å². The molecule has 5 unspecified atom stereocenters. The van der Waals surface area contributed by atoms with Gasteiger partial charge in [0.05, 0.1) is 13.2 Å². The first-order valence-electron chi connectivity index (χ1n) is 17.3. The number of hydrogen-bond acceptors (Lipinski definition) is 7. The molecule has 47 heavy (non-hydrogen) atoms. The molecular weight excluding hydrogens is 618 g/mol. The molecule has 0 aliphatic heterocycles. The van der Waals surface area contributed by atoms with E-state index < -0.39 is 28.5 Å². The molecule has 4 aliphatic rings. The van der Waals surface area contributed by atoms with Crippen molar-refractivity contribution in [3.05, 3.63) is 52.6 Å². The first-order valence-corrected chi connectivity index (χ1v) is 18.6. The molecule has 9 nitrogen and oxygen atoms in total. The number of allylic oxidation sites excluding steroid dienone is 3. The zero-order valence-electron chi connectivity index (χ0n) is 28.7. The maximum absolute atomic E-state index is 13.0. The Bertz CT molecular complexity index is 1520. The molecule has 5 rings (SSSR count). The summed E-state index contributed by atoms with van der Waals surface area (Å²) in [7, 11) is -3.17. The highest BCUT2D eigenvalue weighted by atomic mass is 32.3. The van der Waals surface area contributed by atoms with E-state index in [0.29, 0.717) is 47.0 Å². The summed E-state index contributed by atoms with van der Waals surface area (Å²) in [6.07, 6.45) is 11.3. The van der Waals surface area contributed by atoms with Gasteiger partial charge in [-0.2, -0.15) is 0 Å². The van der Waals surface area contributed by atoms with Crippen LogP contribution in [0.15, 0.2) is 47.1 Å². The van der Waals surface area contributed by atoms with Gasteiger partial charge in [-0.05, 0) is 129 Å². The molecule has 0 radical (unpaired) electrons. The van der Waals surface area contributed by atoms with Crippen LogP contribution in [0, 0.1) is 40.4 Å². The molecule has 0 aromatic heterocycles. The number of aliphatic carboxylic acids is 1. The minimum atomic E-state index is -4.72. The molecule has 9 atom stereocenters. The zero-order valence-corrected chi connectivity index (χ0v) is 29.5. The van der Waals surface area contributed by atoms with Crippen molar-refractivity contribution in [3.63, 3.8) is 0 Å². The predicted molar refractivity (Wildman–Crippen MR) is 178 cm³/mol. The van der Waals surface area contributed by atoms with E-state index >= 15 is 0 Å². The lowest BCUT2D eigenvalue weighted by molar-refractivity contribution is -0.141. The number of rotatable bonds is 11. The Morgan fingerprint density at radius 1 is 1.11 bits per heavy atom. The number of carboxylic acids is 1. The zero-order chi connectivity index (χ0) is 34.3. The van der Waals surface area contributed by atoms with Crippen LogP contribution in [0.25, 0.3) is 0 Å². The normalized spacial score (nSPS) is 33.7. The quantitative estimate of drug-likeness (QED) is 0.110. The van der Waals surface area contributed by atoms with Crippen molar-refractivity contribution in [2.24, 2.45) is 40.4 Å². The van der Waals surface area contributed by atoms with Crippen molar-refractivity contribution in [2.75, 3.05) is 7.11 Å². The van der Waals surface area contributed by atoms with Crippen LogP contribution in [-0.2, 0) is 24.2 Å². The first-order chi connectivity index (χ1) is 22.1. The van der Waals surface area contributed by atoms with Crippen LogP contribution in [-0.4, -0.2) is 43.2 Å². The predicted octanol–water partition coefficient (Wildman–Crippen LogP) is 7.11. The Morgan fingerprint density at radius 2 is 1.81 bits per heavy atom. The monoisotopic (exact) mass is 670 g/mol. The van der Waals surface area contributed by atoms with Gasteiger partial charge in [0.1, 0.15) is 5.75 Å². The van der Waals surface area contributed by atoms with E-state index in [1.54, 1.807) is 49.4 Å². The molecule has 0 heterocycles. The van der Waals surface area contributed by atoms with Gasteiger partial charge >= 0.3 is 5.97 Å². The lowest BCUT2D eigenvalue weighted by Crippen LogP contribution is -2.52. The average molecular weight is 671 g/mol. The van der Waals surface area contributed by atoms with Gasteiger partial charge in [0.2, 0.25) is 16.3 Å². The van der Waals surface area contributed by atoms with Crippen molar-refractivity contribution in [2.45, 2.75) is 111 Å². The molecule has 260 valence electrons. The Labute approximate surface area is 280 Å². The molecule has 4 aliphatic carbocycles. The summed E-state index contributed by atoms with van der Waals surface area (Å²) in [4.78, 5) is 24.9. The lowest BCUT2D eigenvalue weighted by Gasteiger charge is -2.59. The van der Waals surface area contributed by atoms with Crippen molar-refractivity contribution in [3.8, 4) is 5.75 Å². The van der Waals surface area contributed by atoms with E-state index in [-0.39, 0.29) is 22.7 Å². The van der Waals surface area contributed by atoms with E-state index in [4.69, 9.17) is 8.92 Å². The summed E-state index contributed by atoms with van der Waals surface area (Å²) in [5.41, 5.74) is 4.59. The van der Waals surface area contributed by atoms with Gasteiger partial charge in [0.15, 0.2) is 6.04 Å². The van der Waals surface area contributed by atoms with Crippen LogP contribution in [0.4, 0.5) is 0 Å². The minimum absolute atomic E-state index is 0.0322. The van der Waals surface area contributed by atoms with Gasteiger partial charge in [-0.15, -0.1) is 0 Å². The second-order valence-corrected chi connectivity index (χ2v) is 16.2. The number of fused-ring (bicyclic) bond motifs is 4. The SMILES string of the molecule is COc1ccc(C(NC(=O)/C(C)=C/CCC(C)[C@H]2CCC3=C4CCC5C(C)[C@@H](OS(=O)(=O)[O-])CC[C@]5(C)C4CC[C@@]32C)C(=O)O)cc1. The lowest BCUT2D eigenvalue weighted by atomic mass is 9.47. The van der Waals surface area contributed by atoms with Crippen molar-refractivity contribution >= 4 is 22.3 Å². The van der Waals surface area contributed by atoms with Gasteiger partial charge in [0, 0.05) is 5.57 Å². The third kappa shape index (κ3) is 7.06. The fourth-order valence-electron chi connectivity index (χ4n) is 10.4. The Kier molecular flexibility index (Phi) is 10.4. The second kappa shape index (κ2) is 13.7. The van der Waals surface area contributed by atoms with Crippen LogP contribution in [0.3, 0.4) is 0 Å². The van der Waals surface area contributed by atoms with Gasteiger partial charge in [-0.3, -0.25) is 8.98 Å². The van der Waals surface area contributed by atoms with E-state index in [1.165, 1.54) is 6.42 Å². The van der Waals surface area contributed by atoms with Crippen LogP contribution in [0.1, 0.15) is 110 Å². The van der Waals surface area contributed by atoms with Crippen LogP contribution in [0.2, 0.25) is 0 Å². The van der Waals surface area contributed by atoms with Crippen molar-refractivity contribution < 1.29 is 36.6 Å². The summed E-state index contributed by atoms with van der Waals surface area (Å²) in [6, 6.07) is 5.51. The maximum Gasteiger partial charge on any atom is 0.330 e. The second-order valence-electron chi connectivity index (χ2n) is 15.2. The number of benzene rings is 1. The third-order valence-corrected chi connectivity index (χ3v) is 13.3. The highest BCUT2D eigenvalue weighted by Crippen LogP contribution is 2.66. The average Bonchev–Trinajstić information content (AvgIpc) is 3.38. The van der Waals surface area contributed by atoms with E-state index in [9.17, 15) is 27.7 Å². The molecule has 10 heteroatoms. The van der Waals surface area contributed by atoms with E-state index in [2.05, 4.69) is 33.0 Å². The number of amides is 1. The Morgan fingerprint density at radius 3 is 2.45 bits per heavy atom. The number of carbonyl (C=O) groups is 2. The fourth-order valence-corrected chi connectivity index (χ4v) is 10.9. The summed E-state index contributed by atoms with van der Waals surface area (Å²) in [6.45, 7) is 11.0. The first kappa shape index (κ1) is 35.6. The molecule has 0 spiro atoms. The van der Waals surface area contributed by atoms with Crippen molar-refractivity contribution in [1.29, 1.82) is 0 Å². The molecule has 3 saturated carbocycles. The maximum atomic E-state index is 13.0. The Balaban J connectivity index is 1.21. The standard InChI is InChI=1S/C37H53NO8S/c1-22(8-7-9-23(2)34(39)38-33(35(40)41)25-10-12-26(45-6)13-11-25)28-16-17-30-27-14-15-29-24(3)32(46-47(42,43)44)19-21-37(29,5)31(27)18-20-36(28,30)4/h9-13,22,24,28-29,31-33H,7-8,14-21H2,1-6H3,(H,38,39)(H,40,41)(H,42,43,44)/p-1/b23-9+/t22?,24?,28-,29?,31?,32+,33?,36-,37+/m1/s1. The van der Waals surface area contributed by atoms with Crippen LogP contribution >= 0.6 is 0 Å². The molecular formula is C37H52NO8S-. The smallest absolute Gasteiger partial charge is 0.330 e. The summed E-state index contributed by atoms with van der Waals surface area (Å²) in [5, 5.41) is 12.4. The van der Waals surface area contributed by atoms with Gasteiger partial charge in [-0.1, -0.05) is 57.0 Å². The van der Waals surface area contributed by atoms with Crippen LogP contribution in [0.5, 0.6) is 5.75 Å². The molecule has 2 N–H and O–H groups in total. The number of hydrogen-bond donors (Lipinski definition) is 2. The molecule has 1 amide bonds. The van der Waals surface area contributed by atoms with Crippen molar-refractivity contribution in [1.82, 2.24) is 5.32 Å². The number of ether oxygens (including phenoxy) is 1. The number of carboxylic acid groups (broad SMARTS) is 1. The van der Waals surface area contributed by atoms with Crippen LogP contribution < -0.4 is 10.1 Å². The molecule has 0 saturated heterocycles. The van der Waals surface area contributed by atoms with E-state index in [1.807, 2.05) is 6.08 Å². The molecule has 1 aromatic rings.